The lowest BCUT2D eigenvalue weighted by Gasteiger charge is -2.18. The summed E-state index contributed by atoms with van der Waals surface area (Å²) in [5.74, 6) is 2.71. The van der Waals surface area contributed by atoms with Gasteiger partial charge in [0.05, 0.1) is 0 Å². The molecule has 0 heterocycles. The zero-order chi connectivity index (χ0) is 12.4. The van der Waals surface area contributed by atoms with Gasteiger partial charge in [0.2, 0.25) is 0 Å². The minimum absolute atomic E-state index is 0.858. The number of rotatable bonds is 10. The molecule has 0 aliphatic carbocycles. The first-order chi connectivity index (χ1) is 7.57. The van der Waals surface area contributed by atoms with Gasteiger partial charge >= 0.3 is 0 Å². The number of hydrogen-bond donors (Lipinski definition) is 0. The molecule has 98 valence electrons. The second kappa shape index (κ2) is 10.2. The normalized spacial score (nSPS) is 15.4. The quantitative estimate of drug-likeness (QED) is 0.397. The molecule has 0 nitrogen and oxygen atoms in total. The number of unbranched alkanes of at least 4 members (excludes halogenated alkanes) is 4. The van der Waals surface area contributed by atoms with Gasteiger partial charge in [0, 0.05) is 0 Å². The summed E-state index contributed by atoms with van der Waals surface area (Å²) in [5, 5.41) is 0. The maximum absolute atomic E-state index is 2.44. The first-order valence-corrected chi connectivity index (χ1v) is 7.57. The predicted octanol–water partition coefficient (Wildman–Crippen LogP) is 6.06. The van der Waals surface area contributed by atoms with E-state index in [1.807, 2.05) is 0 Å². The Kier molecular flexibility index (Phi) is 10.2. The van der Waals surface area contributed by atoms with E-state index in [2.05, 4.69) is 34.6 Å². The third kappa shape index (κ3) is 9.24. The maximum atomic E-state index is 2.44. The fourth-order valence-corrected chi connectivity index (χ4v) is 2.12. The Hall–Kier alpha value is 0. The molecule has 0 amide bonds. The summed E-state index contributed by atoms with van der Waals surface area (Å²) in [7, 11) is 0. The van der Waals surface area contributed by atoms with Gasteiger partial charge < -0.3 is 0 Å². The highest BCUT2D eigenvalue weighted by Gasteiger charge is 2.09. The van der Waals surface area contributed by atoms with E-state index in [9.17, 15) is 0 Å². The van der Waals surface area contributed by atoms with E-state index < -0.39 is 0 Å². The van der Waals surface area contributed by atoms with Gasteiger partial charge in [0.15, 0.2) is 0 Å². The van der Waals surface area contributed by atoms with E-state index in [-0.39, 0.29) is 0 Å². The summed E-state index contributed by atoms with van der Waals surface area (Å²) in [6.45, 7) is 11.8. The first-order valence-electron chi connectivity index (χ1n) is 7.57. The van der Waals surface area contributed by atoms with Crippen LogP contribution in [0.3, 0.4) is 0 Å². The van der Waals surface area contributed by atoms with Gasteiger partial charge in [-0.1, -0.05) is 86.0 Å². The van der Waals surface area contributed by atoms with Gasteiger partial charge in [-0.3, -0.25) is 0 Å². The van der Waals surface area contributed by atoms with Crippen LogP contribution in [-0.2, 0) is 0 Å². The van der Waals surface area contributed by atoms with Crippen LogP contribution >= 0.6 is 0 Å². The molecule has 0 fully saturated rings. The molecule has 16 heavy (non-hydrogen) atoms. The molecular weight excluding hydrogens is 192 g/mol. The van der Waals surface area contributed by atoms with E-state index in [0.717, 1.165) is 17.8 Å². The lowest BCUT2D eigenvalue weighted by molar-refractivity contribution is 0.339. The standard InChI is InChI=1S/C16H34/c1-6-7-8-9-10-11-15(4)12-13-16(5)14(2)3/h14-16H,6-13H2,1-5H3. The molecule has 0 aromatic rings. The molecule has 0 aliphatic rings. The average Bonchev–Trinajstić information content (AvgIpc) is 2.25. The minimum Gasteiger partial charge on any atom is -0.0654 e. The molecule has 0 aliphatic heterocycles. The van der Waals surface area contributed by atoms with Crippen LogP contribution in [0.1, 0.15) is 86.0 Å². The van der Waals surface area contributed by atoms with E-state index in [4.69, 9.17) is 0 Å². The van der Waals surface area contributed by atoms with Gasteiger partial charge in [0.25, 0.3) is 0 Å². The Balaban J connectivity index is 3.34. The molecule has 0 heteroatoms. The molecule has 0 saturated heterocycles. The zero-order valence-corrected chi connectivity index (χ0v) is 12.4. The lowest BCUT2D eigenvalue weighted by Crippen LogP contribution is -2.06. The Labute approximate surface area is 104 Å². The Morgan fingerprint density at radius 3 is 1.88 bits per heavy atom. The summed E-state index contributed by atoms with van der Waals surface area (Å²) >= 11 is 0. The predicted molar refractivity (Wildman–Crippen MR) is 75.8 cm³/mol. The summed E-state index contributed by atoms with van der Waals surface area (Å²) < 4.78 is 0. The van der Waals surface area contributed by atoms with Crippen molar-refractivity contribution in [1.82, 2.24) is 0 Å². The van der Waals surface area contributed by atoms with Crippen LogP contribution in [0.15, 0.2) is 0 Å². The first kappa shape index (κ1) is 16.0. The largest absolute Gasteiger partial charge is 0.0654 e. The van der Waals surface area contributed by atoms with Crippen LogP contribution < -0.4 is 0 Å². The van der Waals surface area contributed by atoms with Gasteiger partial charge in [-0.2, -0.15) is 0 Å². The van der Waals surface area contributed by atoms with Crippen molar-refractivity contribution in [2.45, 2.75) is 86.0 Å². The smallest absolute Gasteiger partial charge is 0.0420 e. The van der Waals surface area contributed by atoms with Crippen LogP contribution in [0.4, 0.5) is 0 Å². The highest BCUT2D eigenvalue weighted by molar-refractivity contribution is 4.61. The van der Waals surface area contributed by atoms with Crippen LogP contribution in [0.25, 0.3) is 0 Å². The molecule has 0 N–H and O–H groups in total. The summed E-state index contributed by atoms with van der Waals surface area (Å²) in [6.07, 6.45) is 11.5. The summed E-state index contributed by atoms with van der Waals surface area (Å²) in [4.78, 5) is 0. The molecule has 0 radical (unpaired) electrons. The fraction of sp³-hybridized carbons (Fsp3) is 1.00. The van der Waals surface area contributed by atoms with Crippen LogP contribution in [0.5, 0.6) is 0 Å². The second-order valence-electron chi connectivity index (χ2n) is 6.11. The van der Waals surface area contributed by atoms with E-state index >= 15 is 0 Å². The molecule has 0 bridgehead atoms. The van der Waals surface area contributed by atoms with Gasteiger partial charge in [-0.25, -0.2) is 0 Å². The molecule has 0 saturated carbocycles. The van der Waals surface area contributed by atoms with Crippen molar-refractivity contribution in [2.75, 3.05) is 0 Å². The van der Waals surface area contributed by atoms with Crippen molar-refractivity contribution >= 4 is 0 Å². The van der Waals surface area contributed by atoms with Crippen molar-refractivity contribution in [3.63, 3.8) is 0 Å². The highest BCUT2D eigenvalue weighted by Crippen LogP contribution is 2.22. The molecule has 0 aromatic heterocycles. The molecule has 0 aromatic carbocycles. The lowest BCUT2D eigenvalue weighted by atomic mass is 9.88. The van der Waals surface area contributed by atoms with Crippen LogP contribution in [-0.4, -0.2) is 0 Å². The Bertz CT molecular complexity index is 137. The van der Waals surface area contributed by atoms with Crippen molar-refractivity contribution < 1.29 is 0 Å². The molecule has 2 unspecified atom stereocenters. The van der Waals surface area contributed by atoms with E-state index in [1.165, 1.54) is 51.4 Å². The SMILES string of the molecule is CCCCCCCC(C)CCC(C)C(C)C. The molecular formula is C16H34. The van der Waals surface area contributed by atoms with Crippen molar-refractivity contribution in [3.05, 3.63) is 0 Å². The Morgan fingerprint density at radius 1 is 0.688 bits per heavy atom. The minimum atomic E-state index is 0.858. The van der Waals surface area contributed by atoms with Crippen molar-refractivity contribution in [3.8, 4) is 0 Å². The zero-order valence-electron chi connectivity index (χ0n) is 12.4. The topological polar surface area (TPSA) is 0 Å². The second-order valence-corrected chi connectivity index (χ2v) is 6.11. The van der Waals surface area contributed by atoms with Crippen molar-refractivity contribution in [1.29, 1.82) is 0 Å². The third-order valence-electron chi connectivity index (χ3n) is 4.05. The van der Waals surface area contributed by atoms with E-state index in [1.54, 1.807) is 0 Å². The number of hydrogen-bond acceptors (Lipinski definition) is 0. The Morgan fingerprint density at radius 2 is 1.31 bits per heavy atom. The van der Waals surface area contributed by atoms with Crippen LogP contribution in [0.2, 0.25) is 0 Å². The van der Waals surface area contributed by atoms with Crippen LogP contribution in [0, 0.1) is 17.8 Å². The van der Waals surface area contributed by atoms with E-state index in [0.29, 0.717) is 0 Å². The molecule has 0 rings (SSSR count). The molecule has 2 atom stereocenters. The summed E-state index contributed by atoms with van der Waals surface area (Å²) in [6, 6.07) is 0. The fourth-order valence-electron chi connectivity index (χ4n) is 2.12. The highest BCUT2D eigenvalue weighted by atomic mass is 14.1. The monoisotopic (exact) mass is 226 g/mol. The van der Waals surface area contributed by atoms with Gasteiger partial charge in [0.1, 0.15) is 0 Å². The van der Waals surface area contributed by atoms with Gasteiger partial charge in [-0.15, -0.1) is 0 Å². The third-order valence-corrected chi connectivity index (χ3v) is 4.05. The van der Waals surface area contributed by atoms with Crippen molar-refractivity contribution in [2.24, 2.45) is 17.8 Å². The molecule has 0 spiro atoms. The summed E-state index contributed by atoms with van der Waals surface area (Å²) in [5.41, 5.74) is 0. The average molecular weight is 226 g/mol. The van der Waals surface area contributed by atoms with Gasteiger partial charge in [-0.05, 0) is 17.8 Å². The maximum Gasteiger partial charge on any atom is -0.0420 e.